The summed E-state index contributed by atoms with van der Waals surface area (Å²) in [7, 11) is -3.65. The topological polar surface area (TPSA) is 88.9 Å². The first-order valence-corrected chi connectivity index (χ1v) is 10.8. The predicted octanol–water partition coefficient (Wildman–Crippen LogP) is 3.00. The largest absolute Gasteiger partial charge is 0.314 e. The van der Waals surface area contributed by atoms with Crippen molar-refractivity contribution in [2.75, 3.05) is 11.3 Å². The Labute approximate surface area is 165 Å². The highest BCUT2D eigenvalue weighted by molar-refractivity contribution is 7.92. The van der Waals surface area contributed by atoms with Crippen LogP contribution in [0, 0.1) is 0 Å². The van der Waals surface area contributed by atoms with Crippen LogP contribution in [0.25, 0.3) is 5.69 Å². The zero-order valence-corrected chi connectivity index (χ0v) is 16.9. The Morgan fingerprint density at radius 2 is 1.79 bits per heavy atom. The van der Waals surface area contributed by atoms with Gasteiger partial charge in [-0.05, 0) is 68.3 Å². The normalized spacial score (nSPS) is 12.6. The van der Waals surface area contributed by atoms with E-state index in [4.69, 9.17) is 0 Å². The van der Waals surface area contributed by atoms with Crippen LogP contribution in [-0.2, 0) is 16.4 Å². The molecule has 0 aliphatic rings. The lowest BCUT2D eigenvalue weighted by Crippen LogP contribution is -2.28. The molecule has 0 aliphatic carbocycles. The zero-order chi connectivity index (χ0) is 20.0. The minimum absolute atomic E-state index is 0.192. The molecule has 28 heavy (non-hydrogen) atoms. The zero-order valence-electron chi connectivity index (χ0n) is 16.0. The lowest BCUT2D eigenvalue weighted by molar-refractivity contribution is 0.543. The van der Waals surface area contributed by atoms with Crippen molar-refractivity contribution in [3.05, 3.63) is 66.5 Å². The van der Waals surface area contributed by atoms with Gasteiger partial charge in [0.05, 0.1) is 23.0 Å². The van der Waals surface area contributed by atoms with Crippen molar-refractivity contribution < 1.29 is 8.42 Å². The molecule has 3 rings (SSSR count). The van der Waals surface area contributed by atoms with Gasteiger partial charge in [-0.1, -0.05) is 24.3 Å². The van der Waals surface area contributed by atoms with E-state index in [2.05, 4.69) is 34.2 Å². The van der Waals surface area contributed by atoms with E-state index in [1.807, 2.05) is 12.1 Å². The highest BCUT2D eigenvalue weighted by Crippen LogP contribution is 2.18. The lowest BCUT2D eigenvalue weighted by atomic mass is 10.1. The summed E-state index contributed by atoms with van der Waals surface area (Å²) in [6, 6.07) is 14.4. The Hall–Kier alpha value is -2.71. The van der Waals surface area contributed by atoms with Crippen LogP contribution in [0.5, 0.6) is 0 Å². The number of hydrogen-bond donors (Lipinski definition) is 2. The number of anilines is 1. The van der Waals surface area contributed by atoms with Gasteiger partial charge in [0, 0.05) is 11.7 Å². The van der Waals surface area contributed by atoms with E-state index in [1.54, 1.807) is 53.5 Å². The van der Waals surface area contributed by atoms with Gasteiger partial charge in [-0.25, -0.2) is 13.1 Å². The van der Waals surface area contributed by atoms with Crippen LogP contribution >= 0.6 is 0 Å². The van der Waals surface area contributed by atoms with Gasteiger partial charge in [-0.3, -0.25) is 4.72 Å². The van der Waals surface area contributed by atoms with Gasteiger partial charge in [0.25, 0.3) is 10.0 Å². The second-order valence-corrected chi connectivity index (χ2v) is 8.39. The standard InChI is InChI=1S/C20H25N5O2S/c1-3-12-21-16(2)15-17-4-6-18(7-5-17)23-28(26,27)20-10-8-19(9-11-20)25-14-13-22-24-25/h4-11,13-14,16,21,23H,3,12,15H2,1-2H3. The molecule has 8 heteroatoms. The van der Waals surface area contributed by atoms with E-state index in [1.165, 1.54) is 0 Å². The van der Waals surface area contributed by atoms with Gasteiger partial charge >= 0.3 is 0 Å². The highest BCUT2D eigenvalue weighted by atomic mass is 32.2. The van der Waals surface area contributed by atoms with Gasteiger partial charge < -0.3 is 5.32 Å². The third kappa shape index (κ3) is 5.17. The number of nitrogens with one attached hydrogen (secondary N) is 2. The maximum atomic E-state index is 12.6. The maximum absolute atomic E-state index is 12.6. The van der Waals surface area contributed by atoms with Crippen LogP contribution in [-0.4, -0.2) is 36.0 Å². The summed E-state index contributed by atoms with van der Waals surface area (Å²) in [5.41, 5.74) is 2.45. The van der Waals surface area contributed by atoms with Crippen molar-refractivity contribution in [2.24, 2.45) is 0 Å². The van der Waals surface area contributed by atoms with Crippen LogP contribution in [0.1, 0.15) is 25.8 Å². The summed E-state index contributed by atoms with van der Waals surface area (Å²) in [6.45, 7) is 5.28. The Bertz CT molecular complexity index is 968. The molecule has 148 valence electrons. The predicted molar refractivity (Wildman–Crippen MR) is 110 cm³/mol. The first-order valence-electron chi connectivity index (χ1n) is 9.30. The summed E-state index contributed by atoms with van der Waals surface area (Å²) in [5.74, 6) is 0. The highest BCUT2D eigenvalue weighted by Gasteiger charge is 2.14. The van der Waals surface area contributed by atoms with Crippen LogP contribution in [0.2, 0.25) is 0 Å². The van der Waals surface area contributed by atoms with Crippen LogP contribution in [0.15, 0.2) is 65.8 Å². The van der Waals surface area contributed by atoms with Crippen molar-refractivity contribution in [2.45, 2.75) is 37.6 Å². The summed E-state index contributed by atoms with van der Waals surface area (Å²) in [5, 5.41) is 11.1. The number of nitrogens with zero attached hydrogens (tertiary/aromatic N) is 3. The molecule has 1 unspecified atom stereocenters. The molecule has 0 radical (unpaired) electrons. The van der Waals surface area contributed by atoms with Crippen molar-refractivity contribution in [1.29, 1.82) is 0 Å². The third-order valence-corrected chi connectivity index (χ3v) is 5.72. The average Bonchev–Trinajstić information content (AvgIpc) is 3.23. The number of sulfonamides is 1. The number of benzene rings is 2. The molecule has 0 saturated carbocycles. The molecule has 1 heterocycles. The summed E-state index contributed by atoms with van der Waals surface area (Å²) < 4.78 is 29.4. The van der Waals surface area contributed by atoms with Crippen molar-refractivity contribution >= 4 is 15.7 Å². The Morgan fingerprint density at radius 1 is 1.07 bits per heavy atom. The molecule has 7 nitrogen and oxygen atoms in total. The smallest absolute Gasteiger partial charge is 0.261 e. The second-order valence-electron chi connectivity index (χ2n) is 6.70. The minimum Gasteiger partial charge on any atom is -0.314 e. The van der Waals surface area contributed by atoms with Gasteiger partial charge in [-0.15, -0.1) is 5.10 Å². The Morgan fingerprint density at radius 3 is 2.39 bits per heavy atom. The van der Waals surface area contributed by atoms with Crippen molar-refractivity contribution in [3.63, 3.8) is 0 Å². The van der Waals surface area contributed by atoms with Gasteiger partial charge in [0.1, 0.15) is 0 Å². The number of hydrogen-bond acceptors (Lipinski definition) is 5. The molecule has 0 spiro atoms. The third-order valence-electron chi connectivity index (χ3n) is 4.32. The SMILES string of the molecule is CCCNC(C)Cc1ccc(NS(=O)(=O)c2ccc(-n3ccnn3)cc2)cc1. The molecule has 0 bridgehead atoms. The summed E-state index contributed by atoms with van der Waals surface area (Å²) in [4.78, 5) is 0.192. The fourth-order valence-electron chi connectivity index (χ4n) is 2.86. The molecule has 0 amide bonds. The molecule has 2 aromatic carbocycles. The summed E-state index contributed by atoms with van der Waals surface area (Å²) in [6.07, 6.45) is 5.26. The van der Waals surface area contributed by atoms with E-state index in [0.29, 0.717) is 11.7 Å². The van der Waals surface area contributed by atoms with E-state index in [-0.39, 0.29) is 4.90 Å². The van der Waals surface area contributed by atoms with E-state index >= 15 is 0 Å². The average molecular weight is 400 g/mol. The minimum atomic E-state index is -3.65. The van der Waals surface area contributed by atoms with Crippen LogP contribution < -0.4 is 10.0 Å². The first-order chi connectivity index (χ1) is 13.5. The van der Waals surface area contributed by atoms with Crippen molar-refractivity contribution in [3.8, 4) is 5.69 Å². The molecule has 0 saturated heterocycles. The maximum Gasteiger partial charge on any atom is 0.261 e. The Kier molecular flexibility index (Phi) is 6.43. The number of rotatable bonds is 9. The lowest BCUT2D eigenvalue weighted by Gasteiger charge is -2.14. The van der Waals surface area contributed by atoms with E-state index in [0.717, 1.165) is 30.6 Å². The van der Waals surface area contributed by atoms with E-state index in [9.17, 15) is 8.42 Å². The monoisotopic (exact) mass is 399 g/mol. The molecular formula is C20H25N5O2S. The van der Waals surface area contributed by atoms with E-state index < -0.39 is 10.0 Å². The second kappa shape index (κ2) is 8.99. The molecular weight excluding hydrogens is 374 g/mol. The fraction of sp³-hybridized carbons (Fsp3) is 0.300. The van der Waals surface area contributed by atoms with Crippen molar-refractivity contribution in [1.82, 2.24) is 20.3 Å². The molecule has 0 aliphatic heterocycles. The molecule has 3 aromatic rings. The molecule has 1 atom stereocenters. The summed E-state index contributed by atoms with van der Waals surface area (Å²) >= 11 is 0. The van der Waals surface area contributed by atoms with Gasteiger partial charge in [-0.2, -0.15) is 0 Å². The molecule has 1 aromatic heterocycles. The molecule has 2 N–H and O–H groups in total. The first kappa shape index (κ1) is 20.0. The van der Waals surface area contributed by atoms with Crippen LogP contribution in [0.4, 0.5) is 5.69 Å². The molecule has 0 fully saturated rings. The Balaban J connectivity index is 1.65. The fourth-order valence-corrected chi connectivity index (χ4v) is 3.92. The number of aromatic nitrogens is 3. The quantitative estimate of drug-likeness (QED) is 0.577. The van der Waals surface area contributed by atoms with Crippen LogP contribution in [0.3, 0.4) is 0 Å². The van der Waals surface area contributed by atoms with Gasteiger partial charge in [0.2, 0.25) is 0 Å². The van der Waals surface area contributed by atoms with Gasteiger partial charge in [0.15, 0.2) is 0 Å².